The van der Waals surface area contributed by atoms with Gasteiger partial charge in [-0.1, -0.05) is 11.6 Å². The Morgan fingerprint density at radius 3 is 2.96 bits per heavy atom. The van der Waals surface area contributed by atoms with Crippen LogP contribution in [0.1, 0.15) is 10.4 Å². The quantitative estimate of drug-likeness (QED) is 0.582. The molecule has 0 bridgehead atoms. The number of pyridine rings is 2. The molecule has 1 amide bonds. The van der Waals surface area contributed by atoms with Gasteiger partial charge in [0.15, 0.2) is 0 Å². The van der Waals surface area contributed by atoms with E-state index in [4.69, 9.17) is 11.6 Å². The third-order valence-corrected chi connectivity index (χ3v) is 5.08. The van der Waals surface area contributed by atoms with Crippen molar-refractivity contribution in [3.05, 3.63) is 53.6 Å². The molecule has 0 aliphatic carbocycles. The van der Waals surface area contributed by atoms with Crippen LogP contribution in [0.5, 0.6) is 0 Å². The van der Waals surface area contributed by atoms with Crippen LogP contribution in [0.15, 0.2) is 43.0 Å². The van der Waals surface area contributed by atoms with E-state index >= 15 is 0 Å². The van der Waals surface area contributed by atoms with Crippen molar-refractivity contribution in [3.63, 3.8) is 0 Å². The van der Waals surface area contributed by atoms with Crippen molar-refractivity contribution in [2.24, 2.45) is 0 Å². The summed E-state index contributed by atoms with van der Waals surface area (Å²) in [5, 5.41) is 8.10. The van der Waals surface area contributed by atoms with Gasteiger partial charge in [0.25, 0.3) is 0 Å². The second-order valence-electron chi connectivity index (χ2n) is 5.00. The Morgan fingerprint density at radius 2 is 2.16 bits per heavy atom. The van der Waals surface area contributed by atoms with Gasteiger partial charge in [0.2, 0.25) is 0 Å². The first kappa shape index (κ1) is 17.9. The molecule has 0 fully saturated rings. The number of nitrogens with one attached hydrogen (secondary N) is 2. The van der Waals surface area contributed by atoms with Crippen LogP contribution in [0.4, 0.5) is 10.9 Å². The van der Waals surface area contributed by atoms with E-state index in [2.05, 4.69) is 25.6 Å². The maximum atomic E-state index is 12.1. The first-order valence-corrected chi connectivity index (χ1v) is 10.3. The Balaban J connectivity index is 1.78. The molecule has 0 spiro atoms. The third-order valence-electron chi connectivity index (χ3n) is 3.20. The van der Waals surface area contributed by atoms with Gasteiger partial charge in [-0.25, -0.2) is 4.98 Å². The van der Waals surface area contributed by atoms with Crippen molar-refractivity contribution in [2.45, 2.75) is 5.21 Å². The Morgan fingerprint density at radius 1 is 1.28 bits per heavy atom. The second kappa shape index (κ2) is 8.43. The van der Waals surface area contributed by atoms with Crippen LogP contribution in [0.2, 0.25) is 10.2 Å². The Hall–Kier alpha value is -1.95. The van der Waals surface area contributed by atoms with Crippen LogP contribution >= 0.6 is 22.9 Å². The van der Waals surface area contributed by atoms with Gasteiger partial charge in [0.1, 0.15) is 0 Å². The number of halogens is 1. The molecule has 128 valence electrons. The van der Waals surface area contributed by atoms with E-state index in [-0.39, 0.29) is 5.91 Å². The van der Waals surface area contributed by atoms with E-state index in [0.717, 1.165) is 15.6 Å². The van der Waals surface area contributed by atoms with E-state index in [9.17, 15) is 4.79 Å². The molecule has 25 heavy (non-hydrogen) atoms. The molecule has 0 aliphatic rings. The molecule has 1 atom stereocenters. The predicted octanol–water partition coefficient (Wildman–Crippen LogP) is 2.78. The average molecular weight is 436 g/mol. The topological polar surface area (TPSA) is 79.8 Å². The minimum atomic E-state index is -0.116. The van der Waals surface area contributed by atoms with Crippen LogP contribution in [0.3, 0.4) is 0 Å². The number of hydrogen-bond acceptors (Lipinski definition) is 6. The predicted molar refractivity (Wildman–Crippen MR) is 104 cm³/mol. The molecule has 9 heteroatoms. The number of nitrogens with zero attached hydrogens (tertiary/aromatic N) is 3. The first-order chi connectivity index (χ1) is 12.2. The fraction of sp³-hybridized carbons (Fsp3) is 0.125. The van der Waals surface area contributed by atoms with Crippen molar-refractivity contribution in [1.82, 2.24) is 20.3 Å². The summed E-state index contributed by atoms with van der Waals surface area (Å²) in [5.41, 5.74) is 1.38. The van der Waals surface area contributed by atoms with Crippen molar-refractivity contribution < 1.29 is 4.79 Å². The molecule has 3 aromatic rings. The van der Waals surface area contributed by atoms with Crippen LogP contribution in [0.25, 0.3) is 10.4 Å². The van der Waals surface area contributed by atoms with Crippen LogP contribution in [-0.2, 0) is 0 Å². The standard InChI is InChI=1S/C16H15AsClN5OS/c17-3-5-21-15(24)11-6-10(7-19-8-11)13-9-22-16(25-13)23-14-12(18)2-1-4-20-14/h1-2,4,6-9H,3,5,17H2,(H,21,24)(H,20,22,23). The molecule has 0 aromatic carbocycles. The van der Waals surface area contributed by atoms with Crippen LogP contribution < -0.4 is 10.6 Å². The molecular weight excluding hydrogens is 421 g/mol. The zero-order valence-electron chi connectivity index (χ0n) is 13.1. The number of rotatable bonds is 6. The number of carbonyl (C=O) groups excluding carboxylic acids is 1. The molecule has 3 heterocycles. The molecule has 0 saturated heterocycles. The van der Waals surface area contributed by atoms with Gasteiger partial charge in [0.05, 0.1) is 5.02 Å². The SMILES string of the molecule is O=C(NCC[AsH2])c1cncc(-c2cnc(Nc3ncccc3Cl)s2)c1. The molecule has 1 unspecified atom stereocenters. The molecule has 0 aliphatic heterocycles. The zero-order chi connectivity index (χ0) is 17.6. The number of amides is 1. The third kappa shape index (κ3) is 4.57. The number of thiazole rings is 1. The van der Waals surface area contributed by atoms with Gasteiger partial charge in [-0.05, 0) is 12.1 Å². The number of aromatic nitrogens is 3. The molecule has 3 rings (SSSR count). The van der Waals surface area contributed by atoms with Crippen molar-refractivity contribution in [2.75, 3.05) is 11.9 Å². The Bertz CT molecular complexity index is 888. The van der Waals surface area contributed by atoms with E-state index in [0.29, 0.717) is 28.1 Å². The summed E-state index contributed by atoms with van der Waals surface area (Å²) < 4.78 is 0. The number of carbonyl (C=O) groups is 1. The normalized spacial score (nSPS) is 10.5. The van der Waals surface area contributed by atoms with Gasteiger partial charge in [-0.3, -0.25) is 0 Å². The molecule has 0 radical (unpaired) electrons. The Labute approximate surface area is 162 Å². The summed E-state index contributed by atoms with van der Waals surface area (Å²) in [6.07, 6.45) is 6.67. The van der Waals surface area contributed by atoms with Gasteiger partial charge >= 0.3 is 123 Å². The van der Waals surface area contributed by atoms with Gasteiger partial charge in [-0.15, -0.1) is 0 Å². The van der Waals surface area contributed by atoms with Crippen molar-refractivity contribution in [1.29, 1.82) is 0 Å². The van der Waals surface area contributed by atoms with Gasteiger partial charge in [-0.2, -0.15) is 0 Å². The fourth-order valence-corrected chi connectivity index (χ4v) is 3.30. The summed E-state index contributed by atoms with van der Waals surface area (Å²) in [6, 6.07) is 5.34. The van der Waals surface area contributed by atoms with Crippen molar-refractivity contribution in [3.8, 4) is 10.4 Å². The number of anilines is 2. The minimum absolute atomic E-state index is 0.116. The summed E-state index contributed by atoms with van der Waals surface area (Å²) in [5.74, 6) is 0.438. The van der Waals surface area contributed by atoms with Crippen molar-refractivity contribution >= 4 is 56.6 Å². The van der Waals surface area contributed by atoms with E-state index < -0.39 is 0 Å². The molecule has 3 aromatic heterocycles. The van der Waals surface area contributed by atoms with Crippen LogP contribution in [-0.4, -0.2) is 44.3 Å². The molecule has 0 saturated carbocycles. The maximum absolute atomic E-state index is 12.1. The van der Waals surface area contributed by atoms with E-state index in [1.54, 1.807) is 53.8 Å². The summed E-state index contributed by atoms with van der Waals surface area (Å²) >= 11 is 9.12. The molecule has 6 nitrogen and oxygen atoms in total. The summed E-state index contributed by atoms with van der Waals surface area (Å²) in [6.45, 7) is 0.669. The molecular formula is C16H15AsClN5OS. The van der Waals surface area contributed by atoms with E-state index in [1.165, 1.54) is 11.3 Å². The zero-order valence-corrected chi connectivity index (χ0v) is 17.1. The molecule has 2 N–H and O–H groups in total. The summed E-state index contributed by atoms with van der Waals surface area (Å²) in [7, 11) is 0. The second-order valence-corrected chi connectivity index (χ2v) is 7.64. The Kier molecular flexibility index (Phi) is 6.02. The number of hydrogen-bond donors (Lipinski definition) is 2. The average Bonchev–Trinajstić information content (AvgIpc) is 3.10. The van der Waals surface area contributed by atoms with E-state index in [1.807, 2.05) is 6.07 Å². The van der Waals surface area contributed by atoms with Gasteiger partial charge in [0, 0.05) is 6.20 Å². The summed E-state index contributed by atoms with van der Waals surface area (Å²) in [4.78, 5) is 25.7. The first-order valence-electron chi connectivity index (χ1n) is 7.44. The monoisotopic (exact) mass is 435 g/mol. The fourth-order valence-electron chi connectivity index (χ4n) is 2.03. The van der Waals surface area contributed by atoms with Crippen LogP contribution in [0, 0.1) is 0 Å². The van der Waals surface area contributed by atoms with Gasteiger partial charge < -0.3 is 0 Å².